The first kappa shape index (κ1) is 30.7. The number of carbonyl (C=O) groups excluding carboxylic acids is 1. The second kappa shape index (κ2) is 11.6. The van der Waals surface area contributed by atoms with Crippen molar-refractivity contribution < 1.29 is 18.7 Å². The SMILES string of the molecule is [C-]#[N+]C(C[C@H]1CCc2sc3ncnc(OC4CCC(N(C)C(=O)OC(C)(C)C)CC4)c3c21)O[Si](C)(C)C(C)(C)C. The van der Waals surface area contributed by atoms with Crippen LogP contribution < -0.4 is 4.74 Å². The quantitative estimate of drug-likeness (QED) is 0.242. The van der Waals surface area contributed by atoms with E-state index in [4.69, 9.17) is 20.5 Å². The molecule has 2 aliphatic rings. The number of amides is 1. The van der Waals surface area contributed by atoms with Crippen LogP contribution in [-0.4, -0.2) is 60.3 Å². The van der Waals surface area contributed by atoms with Crippen molar-refractivity contribution in [3.8, 4) is 5.88 Å². The van der Waals surface area contributed by atoms with Crippen molar-refractivity contribution in [1.29, 1.82) is 0 Å². The summed E-state index contributed by atoms with van der Waals surface area (Å²) in [5, 5.41) is 1.08. The Hall–Kier alpha value is -2.22. The zero-order chi connectivity index (χ0) is 29.5. The van der Waals surface area contributed by atoms with E-state index < -0.39 is 20.1 Å². The Morgan fingerprint density at radius 3 is 2.42 bits per heavy atom. The number of carbonyl (C=O) groups is 1. The number of fused-ring (bicyclic) bond motifs is 3. The third-order valence-corrected chi connectivity index (χ3v) is 14.4. The summed E-state index contributed by atoms with van der Waals surface area (Å²) in [5.74, 6) is 0.891. The average Bonchev–Trinajstić information content (AvgIpc) is 3.41. The molecule has 0 saturated heterocycles. The number of rotatable bonds is 7. The summed E-state index contributed by atoms with van der Waals surface area (Å²) in [6.07, 6.45) is 7.02. The maximum atomic E-state index is 12.5. The van der Waals surface area contributed by atoms with E-state index in [0.29, 0.717) is 12.3 Å². The number of hydrogen-bond acceptors (Lipinski definition) is 7. The highest BCUT2D eigenvalue weighted by atomic mass is 32.1. The molecule has 0 radical (unpaired) electrons. The van der Waals surface area contributed by atoms with E-state index in [9.17, 15) is 4.79 Å². The van der Waals surface area contributed by atoms with Crippen LogP contribution in [-0.2, 0) is 15.6 Å². The fourth-order valence-electron chi connectivity index (χ4n) is 5.44. The van der Waals surface area contributed by atoms with Gasteiger partial charge in [0.15, 0.2) is 0 Å². The molecular formula is C30H46N4O4SSi. The Balaban J connectivity index is 1.46. The predicted molar refractivity (Wildman–Crippen MR) is 162 cm³/mol. The second-order valence-electron chi connectivity index (χ2n) is 13.9. The van der Waals surface area contributed by atoms with Crippen LogP contribution in [0.15, 0.2) is 6.33 Å². The Morgan fingerprint density at radius 2 is 1.82 bits per heavy atom. The Bertz CT molecular complexity index is 1250. The van der Waals surface area contributed by atoms with Crippen LogP contribution >= 0.6 is 11.3 Å². The molecule has 40 heavy (non-hydrogen) atoms. The van der Waals surface area contributed by atoms with Gasteiger partial charge in [-0.3, -0.25) is 4.85 Å². The van der Waals surface area contributed by atoms with Gasteiger partial charge < -0.3 is 18.8 Å². The molecule has 2 atom stereocenters. The van der Waals surface area contributed by atoms with Crippen LogP contribution in [0.2, 0.25) is 18.1 Å². The summed E-state index contributed by atoms with van der Waals surface area (Å²) < 4.78 is 18.7. The van der Waals surface area contributed by atoms with E-state index in [1.807, 2.05) is 27.8 Å². The van der Waals surface area contributed by atoms with Crippen molar-refractivity contribution in [2.45, 2.75) is 135 Å². The lowest BCUT2D eigenvalue weighted by Gasteiger charge is -2.36. The van der Waals surface area contributed by atoms with Crippen molar-refractivity contribution >= 4 is 36.0 Å². The van der Waals surface area contributed by atoms with Crippen LogP contribution in [0.25, 0.3) is 15.1 Å². The summed E-state index contributed by atoms with van der Waals surface area (Å²) >= 11 is 1.73. The Morgan fingerprint density at radius 1 is 1.15 bits per heavy atom. The minimum atomic E-state index is -2.06. The van der Waals surface area contributed by atoms with E-state index in [1.165, 1.54) is 10.4 Å². The fourth-order valence-corrected chi connectivity index (χ4v) is 7.86. The molecule has 1 saturated carbocycles. The first-order chi connectivity index (χ1) is 18.6. The molecule has 220 valence electrons. The maximum absolute atomic E-state index is 12.5. The zero-order valence-electron chi connectivity index (χ0n) is 25.7. The van der Waals surface area contributed by atoms with E-state index in [2.05, 4.69) is 48.7 Å². The van der Waals surface area contributed by atoms with Crippen molar-refractivity contribution in [2.75, 3.05) is 7.05 Å². The highest BCUT2D eigenvalue weighted by Gasteiger charge is 2.43. The third-order valence-electron chi connectivity index (χ3n) is 8.71. The number of nitrogens with zero attached hydrogens (tertiary/aromatic N) is 4. The van der Waals surface area contributed by atoms with E-state index in [1.54, 1.807) is 22.6 Å². The lowest BCUT2D eigenvalue weighted by atomic mass is 9.92. The summed E-state index contributed by atoms with van der Waals surface area (Å²) in [7, 11) is -0.229. The van der Waals surface area contributed by atoms with Crippen molar-refractivity contribution in [3.05, 3.63) is 28.2 Å². The largest absolute Gasteiger partial charge is 0.474 e. The molecule has 10 heteroatoms. The van der Waals surface area contributed by atoms with Gasteiger partial charge in [0.05, 0.1) is 11.8 Å². The van der Waals surface area contributed by atoms with Gasteiger partial charge in [-0.15, -0.1) is 11.3 Å². The van der Waals surface area contributed by atoms with Gasteiger partial charge in [0.25, 0.3) is 0 Å². The number of aromatic nitrogens is 2. The molecule has 0 bridgehead atoms. The average molecular weight is 587 g/mol. The molecule has 1 amide bonds. The van der Waals surface area contributed by atoms with E-state index in [-0.39, 0.29) is 29.2 Å². The lowest BCUT2D eigenvalue weighted by Crippen LogP contribution is -2.43. The first-order valence-corrected chi connectivity index (χ1v) is 18.2. The van der Waals surface area contributed by atoms with Crippen molar-refractivity contribution in [1.82, 2.24) is 14.9 Å². The van der Waals surface area contributed by atoms with Gasteiger partial charge in [0.1, 0.15) is 22.9 Å². The van der Waals surface area contributed by atoms with Crippen LogP contribution in [0.3, 0.4) is 0 Å². The molecule has 2 heterocycles. The van der Waals surface area contributed by atoms with Crippen LogP contribution in [0, 0.1) is 6.57 Å². The van der Waals surface area contributed by atoms with Gasteiger partial charge in [-0.25, -0.2) is 21.3 Å². The number of ether oxygens (including phenoxy) is 2. The van der Waals surface area contributed by atoms with Crippen molar-refractivity contribution in [3.63, 3.8) is 0 Å². The smallest absolute Gasteiger partial charge is 0.410 e. The minimum Gasteiger partial charge on any atom is -0.474 e. The lowest BCUT2D eigenvalue weighted by molar-refractivity contribution is 0.0137. The van der Waals surface area contributed by atoms with Crippen LogP contribution in [0.4, 0.5) is 4.79 Å². The molecule has 0 aromatic carbocycles. The van der Waals surface area contributed by atoms with Gasteiger partial charge in [-0.05, 0) is 88.9 Å². The van der Waals surface area contributed by atoms with Gasteiger partial charge in [-0.1, -0.05) is 20.8 Å². The molecule has 1 unspecified atom stereocenters. The highest BCUT2D eigenvalue weighted by Crippen LogP contribution is 2.49. The first-order valence-electron chi connectivity index (χ1n) is 14.5. The van der Waals surface area contributed by atoms with Crippen LogP contribution in [0.1, 0.15) is 96.4 Å². The summed E-state index contributed by atoms with van der Waals surface area (Å²) in [5.41, 5.74) is 0.760. The van der Waals surface area contributed by atoms with E-state index >= 15 is 0 Å². The molecule has 0 aliphatic heterocycles. The standard InChI is InChI=1S/C30H46N4O4SSi/c1-29(2,3)37-28(35)34(8)20-12-14-21(15-13-20)36-26-25-24-19(11-16-22(24)39-27(25)33-18-32-26)17-23(31-7)38-40(9,10)30(4,5)6/h18-21,23H,11-17H2,1-6,8-10H3/t19-,20?,21?,23?/m1/s1. The number of hydrogen-bond donors (Lipinski definition) is 0. The van der Waals surface area contributed by atoms with Gasteiger partial charge in [0.2, 0.25) is 14.2 Å². The number of thiophene rings is 1. The van der Waals surface area contributed by atoms with Crippen molar-refractivity contribution in [2.24, 2.45) is 0 Å². The molecule has 0 spiro atoms. The predicted octanol–water partition coefficient (Wildman–Crippen LogP) is 7.94. The van der Waals surface area contributed by atoms with Gasteiger partial charge >= 0.3 is 12.3 Å². The maximum Gasteiger partial charge on any atom is 0.410 e. The van der Waals surface area contributed by atoms with Gasteiger partial charge in [-0.2, -0.15) is 0 Å². The molecule has 1 fully saturated rings. The normalized spacial score (nSPS) is 22.4. The molecular weight excluding hydrogens is 541 g/mol. The monoisotopic (exact) mass is 586 g/mol. The van der Waals surface area contributed by atoms with Gasteiger partial charge in [0, 0.05) is 18.0 Å². The second-order valence-corrected chi connectivity index (χ2v) is 19.7. The summed E-state index contributed by atoms with van der Waals surface area (Å²) in [6.45, 7) is 24.6. The summed E-state index contributed by atoms with van der Waals surface area (Å²) in [6, 6.07) is 0.140. The molecule has 8 nitrogen and oxygen atoms in total. The molecule has 2 aromatic heterocycles. The topological polar surface area (TPSA) is 78.1 Å². The third kappa shape index (κ3) is 6.80. The summed E-state index contributed by atoms with van der Waals surface area (Å²) in [4.78, 5) is 29.7. The molecule has 2 aromatic rings. The Labute approximate surface area is 244 Å². The highest BCUT2D eigenvalue weighted by molar-refractivity contribution is 7.19. The minimum absolute atomic E-state index is 0.0368. The Kier molecular flexibility index (Phi) is 8.89. The molecule has 0 N–H and O–H groups in total. The zero-order valence-corrected chi connectivity index (χ0v) is 27.5. The van der Waals surface area contributed by atoms with E-state index in [0.717, 1.165) is 48.7 Å². The molecule has 4 rings (SSSR count). The van der Waals surface area contributed by atoms with Crippen LogP contribution in [0.5, 0.6) is 5.88 Å². The fraction of sp³-hybridized carbons (Fsp3) is 0.733. The number of aryl methyl sites for hydroxylation is 1. The molecule has 2 aliphatic carbocycles.